The Hall–Kier alpha value is -0.540. The van der Waals surface area contributed by atoms with Crippen LogP contribution >= 0.6 is 11.8 Å². The van der Waals surface area contributed by atoms with E-state index in [1.165, 1.54) is 11.3 Å². The Balaban J connectivity index is 0.000000606. The third-order valence-electron chi connectivity index (χ3n) is 2.65. The zero-order valence-electron chi connectivity index (χ0n) is 10.2. The molecule has 16 heavy (non-hydrogen) atoms. The molecule has 1 saturated heterocycles. The molecule has 0 aromatic heterocycles. The van der Waals surface area contributed by atoms with Crippen LogP contribution in [0.3, 0.4) is 0 Å². The van der Waals surface area contributed by atoms with Crippen LogP contribution in [0.4, 0.5) is 4.39 Å². The third kappa shape index (κ3) is 3.49. The Kier molecular flexibility index (Phi) is 5.85. The van der Waals surface area contributed by atoms with Gasteiger partial charge in [-0.2, -0.15) is 11.8 Å². The molecule has 90 valence electrons. The molecule has 1 fully saturated rings. The molecule has 0 amide bonds. The van der Waals surface area contributed by atoms with E-state index in [0.717, 1.165) is 12.3 Å². The lowest BCUT2D eigenvalue weighted by molar-refractivity contribution is 0.274. The molecule has 0 bridgehead atoms. The molecule has 1 nitrogen and oxygen atoms in total. The van der Waals surface area contributed by atoms with Gasteiger partial charge in [0.1, 0.15) is 5.82 Å². The molecule has 1 aliphatic heterocycles. The fraction of sp³-hybridized carbons (Fsp3) is 0.538. The van der Waals surface area contributed by atoms with E-state index in [0.29, 0.717) is 6.04 Å². The lowest BCUT2D eigenvalue weighted by Gasteiger charge is -2.32. The number of hydrogen-bond donors (Lipinski definition) is 0. The van der Waals surface area contributed by atoms with Crippen molar-refractivity contribution in [3.8, 4) is 0 Å². The lowest BCUT2D eigenvalue weighted by Crippen LogP contribution is -2.32. The van der Waals surface area contributed by atoms with Crippen molar-refractivity contribution in [1.82, 2.24) is 4.90 Å². The molecule has 0 spiro atoms. The van der Waals surface area contributed by atoms with Crippen molar-refractivity contribution in [2.45, 2.75) is 19.9 Å². The van der Waals surface area contributed by atoms with Gasteiger partial charge in [-0.25, -0.2) is 4.39 Å². The van der Waals surface area contributed by atoms with E-state index >= 15 is 0 Å². The fourth-order valence-corrected chi connectivity index (χ4v) is 2.98. The van der Waals surface area contributed by atoms with E-state index in [4.69, 9.17) is 0 Å². The van der Waals surface area contributed by atoms with E-state index in [1.54, 1.807) is 12.1 Å². The van der Waals surface area contributed by atoms with Crippen LogP contribution in [0.5, 0.6) is 0 Å². The van der Waals surface area contributed by atoms with Gasteiger partial charge in [-0.15, -0.1) is 0 Å². The average Bonchev–Trinajstić information content (AvgIpc) is 2.34. The zero-order chi connectivity index (χ0) is 12.0. The summed E-state index contributed by atoms with van der Waals surface area (Å²) in [6.07, 6.45) is 0. The molecule has 3 heteroatoms. The average molecular weight is 241 g/mol. The summed E-state index contributed by atoms with van der Waals surface area (Å²) < 4.78 is 12.7. The van der Waals surface area contributed by atoms with Crippen LogP contribution in [0.25, 0.3) is 0 Å². The van der Waals surface area contributed by atoms with Crippen molar-refractivity contribution in [2.75, 3.05) is 25.1 Å². The SMILES string of the molecule is CC.CN1CCSCC1c1ccc(F)cc1. The van der Waals surface area contributed by atoms with Gasteiger partial charge >= 0.3 is 0 Å². The molecule has 1 aromatic rings. The quantitative estimate of drug-likeness (QED) is 0.739. The summed E-state index contributed by atoms with van der Waals surface area (Å²) in [5.41, 5.74) is 1.22. The lowest BCUT2D eigenvalue weighted by atomic mass is 10.1. The van der Waals surface area contributed by atoms with E-state index in [2.05, 4.69) is 11.9 Å². The van der Waals surface area contributed by atoms with Crippen LogP contribution < -0.4 is 0 Å². The first-order valence-electron chi connectivity index (χ1n) is 5.81. The van der Waals surface area contributed by atoms with Crippen molar-refractivity contribution in [3.05, 3.63) is 35.6 Å². The van der Waals surface area contributed by atoms with E-state index in [-0.39, 0.29) is 5.82 Å². The predicted octanol–water partition coefficient (Wildman–Crippen LogP) is 3.57. The van der Waals surface area contributed by atoms with Crippen molar-refractivity contribution in [1.29, 1.82) is 0 Å². The molecule has 1 unspecified atom stereocenters. The molecule has 1 atom stereocenters. The minimum atomic E-state index is -0.153. The number of nitrogens with zero attached hydrogens (tertiary/aromatic N) is 1. The van der Waals surface area contributed by atoms with Crippen LogP contribution in [0.1, 0.15) is 25.5 Å². The van der Waals surface area contributed by atoms with Crippen molar-refractivity contribution in [2.24, 2.45) is 0 Å². The fourth-order valence-electron chi connectivity index (χ4n) is 1.72. The summed E-state index contributed by atoms with van der Waals surface area (Å²) in [5.74, 6) is 2.16. The summed E-state index contributed by atoms with van der Waals surface area (Å²) in [5, 5.41) is 0. The maximum absolute atomic E-state index is 12.7. The van der Waals surface area contributed by atoms with Crippen LogP contribution in [-0.4, -0.2) is 30.0 Å². The van der Waals surface area contributed by atoms with Crippen molar-refractivity contribution in [3.63, 3.8) is 0 Å². The maximum Gasteiger partial charge on any atom is 0.123 e. The summed E-state index contributed by atoms with van der Waals surface area (Å²) >= 11 is 1.97. The first kappa shape index (κ1) is 13.5. The number of benzene rings is 1. The molecule has 0 N–H and O–H groups in total. The minimum Gasteiger partial charge on any atom is -0.298 e. The van der Waals surface area contributed by atoms with Gasteiger partial charge in [-0.3, -0.25) is 4.90 Å². The van der Waals surface area contributed by atoms with E-state index < -0.39 is 0 Å². The normalized spacial score (nSPS) is 21.1. The molecule has 1 aliphatic rings. The summed E-state index contributed by atoms with van der Waals surface area (Å²) in [6.45, 7) is 5.12. The van der Waals surface area contributed by atoms with Gasteiger partial charge in [0.25, 0.3) is 0 Å². The van der Waals surface area contributed by atoms with Crippen LogP contribution in [0.2, 0.25) is 0 Å². The first-order valence-corrected chi connectivity index (χ1v) is 6.96. The second-order valence-electron chi connectivity index (χ2n) is 3.62. The van der Waals surface area contributed by atoms with E-state index in [1.807, 2.05) is 37.7 Å². The molecule has 1 aromatic carbocycles. The summed E-state index contributed by atoms with van der Waals surface area (Å²) in [7, 11) is 2.13. The Morgan fingerprint density at radius 1 is 1.25 bits per heavy atom. The maximum atomic E-state index is 12.7. The highest BCUT2D eigenvalue weighted by atomic mass is 32.2. The highest BCUT2D eigenvalue weighted by Gasteiger charge is 2.20. The third-order valence-corrected chi connectivity index (χ3v) is 3.67. The van der Waals surface area contributed by atoms with Gasteiger partial charge in [-0.05, 0) is 24.7 Å². The Labute approximate surface area is 102 Å². The van der Waals surface area contributed by atoms with Gasteiger partial charge in [0, 0.05) is 24.1 Å². The molecular formula is C13H20FNS. The van der Waals surface area contributed by atoms with Crippen molar-refractivity contribution >= 4 is 11.8 Å². The second kappa shape index (κ2) is 6.92. The number of thioether (sulfide) groups is 1. The molecule has 2 rings (SSSR count). The monoisotopic (exact) mass is 241 g/mol. The zero-order valence-corrected chi connectivity index (χ0v) is 11.1. The van der Waals surface area contributed by atoms with Gasteiger partial charge in [-0.1, -0.05) is 26.0 Å². The first-order chi connectivity index (χ1) is 7.77. The molecule has 0 aliphatic carbocycles. The second-order valence-corrected chi connectivity index (χ2v) is 4.77. The molecule has 0 saturated carbocycles. The van der Waals surface area contributed by atoms with Gasteiger partial charge in [0.2, 0.25) is 0 Å². The topological polar surface area (TPSA) is 3.24 Å². The standard InChI is InChI=1S/C11H14FNS.C2H6/c1-13-6-7-14-8-11(13)9-2-4-10(12)5-3-9;1-2/h2-5,11H,6-8H2,1H3;1-2H3. The molecule has 0 radical (unpaired) electrons. The Morgan fingerprint density at radius 2 is 1.88 bits per heavy atom. The van der Waals surface area contributed by atoms with Gasteiger partial charge in [0.05, 0.1) is 0 Å². The number of rotatable bonds is 1. The Morgan fingerprint density at radius 3 is 2.44 bits per heavy atom. The summed E-state index contributed by atoms with van der Waals surface area (Å²) in [6, 6.07) is 7.32. The molecular weight excluding hydrogens is 221 g/mol. The van der Waals surface area contributed by atoms with Crippen molar-refractivity contribution < 1.29 is 4.39 Å². The van der Waals surface area contributed by atoms with Crippen LogP contribution in [-0.2, 0) is 0 Å². The Bertz CT molecular complexity index is 299. The smallest absolute Gasteiger partial charge is 0.123 e. The number of hydrogen-bond acceptors (Lipinski definition) is 2. The summed E-state index contributed by atoms with van der Waals surface area (Å²) in [4.78, 5) is 2.34. The molecule has 1 heterocycles. The number of halogens is 1. The van der Waals surface area contributed by atoms with Gasteiger partial charge in [0.15, 0.2) is 0 Å². The van der Waals surface area contributed by atoms with E-state index in [9.17, 15) is 4.39 Å². The highest BCUT2D eigenvalue weighted by Crippen LogP contribution is 2.27. The predicted molar refractivity (Wildman–Crippen MR) is 70.4 cm³/mol. The minimum absolute atomic E-state index is 0.153. The highest BCUT2D eigenvalue weighted by molar-refractivity contribution is 7.99. The largest absolute Gasteiger partial charge is 0.298 e. The van der Waals surface area contributed by atoms with Gasteiger partial charge < -0.3 is 0 Å². The van der Waals surface area contributed by atoms with Crippen LogP contribution in [0, 0.1) is 5.82 Å². The van der Waals surface area contributed by atoms with Crippen LogP contribution in [0.15, 0.2) is 24.3 Å².